The van der Waals surface area contributed by atoms with Crippen molar-refractivity contribution < 1.29 is 14.4 Å². The zero-order valence-electron chi connectivity index (χ0n) is 21.8. The number of aromatic amines is 1. The fourth-order valence-corrected chi connectivity index (χ4v) is 6.60. The van der Waals surface area contributed by atoms with Crippen LogP contribution in [0, 0.1) is 5.92 Å². The van der Waals surface area contributed by atoms with Crippen molar-refractivity contribution in [1.82, 2.24) is 30.4 Å². The molecule has 3 unspecified atom stereocenters. The van der Waals surface area contributed by atoms with E-state index in [1.165, 1.54) is 11.3 Å². The summed E-state index contributed by atoms with van der Waals surface area (Å²) in [6.45, 7) is 1.73. The lowest BCUT2D eigenvalue weighted by molar-refractivity contribution is -0.130. The maximum absolute atomic E-state index is 13.3. The summed E-state index contributed by atoms with van der Waals surface area (Å²) >= 11 is 7.54. The van der Waals surface area contributed by atoms with Crippen LogP contribution >= 0.6 is 22.9 Å². The van der Waals surface area contributed by atoms with Gasteiger partial charge in [0.05, 0.1) is 5.69 Å². The molecule has 3 heterocycles. The molecule has 1 aliphatic carbocycles. The molecule has 9 nitrogen and oxygen atoms in total. The summed E-state index contributed by atoms with van der Waals surface area (Å²) in [5, 5.41) is 8.20. The number of carbonyl (C=O) groups is 3. The molecule has 2 aliphatic rings. The zero-order chi connectivity index (χ0) is 27.0. The molecule has 0 saturated heterocycles. The Balaban J connectivity index is 1.32. The van der Waals surface area contributed by atoms with Crippen molar-refractivity contribution in [1.29, 1.82) is 0 Å². The number of thiazole rings is 1. The summed E-state index contributed by atoms with van der Waals surface area (Å²) in [6.07, 6.45) is 3.31. The molecular weight excluding hydrogens is 524 g/mol. The molecule has 3 atom stereocenters. The van der Waals surface area contributed by atoms with Gasteiger partial charge in [0.25, 0.3) is 11.8 Å². The highest BCUT2D eigenvalue weighted by molar-refractivity contribution is 7.13. The first-order valence-electron chi connectivity index (χ1n) is 12.9. The minimum absolute atomic E-state index is 0.0658. The third kappa shape index (κ3) is 5.87. The number of H-pyrrole nitrogens is 1. The van der Waals surface area contributed by atoms with Crippen LogP contribution in [0.15, 0.2) is 24.3 Å². The van der Waals surface area contributed by atoms with Crippen LogP contribution in [0.5, 0.6) is 0 Å². The van der Waals surface area contributed by atoms with Gasteiger partial charge in [0.1, 0.15) is 5.69 Å². The fraction of sp³-hybridized carbons (Fsp3) is 0.481. The molecule has 11 heteroatoms. The summed E-state index contributed by atoms with van der Waals surface area (Å²) < 4.78 is 0. The molecule has 5 rings (SSSR count). The summed E-state index contributed by atoms with van der Waals surface area (Å²) in [7, 11) is 5.57. The second-order valence-electron chi connectivity index (χ2n) is 10.6. The van der Waals surface area contributed by atoms with Gasteiger partial charge in [-0.15, -0.1) is 11.3 Å². The van der Waals surface area contributed by atoms with Gasteiger partial charge < -0.3 is 25.4 Å². The second-order valence-corrected chi connectivity index (χ2v) is 12.1. The Morgan fingerprint density at radius 1 is 1.16 bits per heavy atom. The Labute approximate surface area is 230 Å². The average Bonchev–Trinajstić information content (AvgIpc) is 3.49. The molecule has 2 aromatic heterocycles. The number of amides is 3. The number of rotatable bonds is 6. The molecule has 38 heavy (non-hydrogen) atoms. The summed E-state index contributed by atoms with van der Waals surface area (Å²) in [6, 6.07) is 6.62. The van der Waals surface area contributed by atoms with Gasteiger partial charge >= 0.3 is 0 Å². The van der Waals surface area contributed by atoms with Gasteiger partial charge in [-0.05, 0) is 56.5 Å². The normalized spacial score (nSPS) is 21.6. The number of likely N-dealkylation sites (N-methyl/N-ethyl adjacent to an activating group) is 1. The predicted molar refractivity (Wildman–Crippen MR) is 149 cm³/mol. The zero-order valence-corrected chi connectivity index (χ0v) is 23.4. The van der Waals surface area contributed by atoms with Crippen LogP contribution in [0.2, 0.25) is 5.02 Å². The molecule has 0 bridgehead atoms. The minimum atomic E-state index is -0.317. The number of benzene rings is 1. The smallest absolute Gasteiger partial charge is 0.280 e. The SMILES string of the molecule is CN1CCc2nc(C(=O)NC3CC(CC(=O)N(C)C)CCC3NC(=O)c3cc4cc(Cl)ccc4[nH]3)sc2C1. The fourth-order valence-electron chi connectivity index (χ4n) is 5.33. The number of fused-ring (bicyclic) bond motifs is 2. The molecule has 3 amide bonds. The Morgan fingerprint density at radius 2 is 1.95 bits per heavy atom. The average molecular weight is 557 g/mol. The highest BCUT2D eigenvalue weighted by Crippen LogP contribution is 2.30. The number of aromatic nitrogens is 2. The molecule has 1 fully saturated rings. The number of hydrogen-bond acceptors (Lipinski definition) is 6. The van der Waals surface area contributed by atoms with E-state index >= 15 is 0 Å². The van der Waals surface area contributed by atoms with Crippen LogP contribution in [0.1, 0.15) is 56.5 Å². The quantitative estimate of drug-likeness (QED) is 0.431. The van der Waals surface area contributed by atoms with Crippen molar-refractivity contribution in [3.05, 3.63) is 50.6 Å². The Bertz CT molecular complexity index is 1370. The molecule has 3 aromatic rings. The monoisotopic (exact) mass is 556 g/mol. The van der Waals surface area contributed by atoms with Gasteiger partial charge in [-0.1, -0.05) is 11.6 Å². The van der Waals surface area contributed by atoms with Crippen molar-refractivity contribution >= 4 is 51.6 Å². The number of hydrogen-bond donors (Lipinski definition) is 3. The highest BCUT2D eigenvalue weighted by atomic mass is 35.5. The predicted octanol–water partition coefficient (Wildman–Crippen LogP) is 3.44. The lowest BCUT2D eigenvalue weighted by atomic mass is 9.80. The van der Waals surface area contributed by atoms with Crippen LogP contribution in [0.25, 0.3) is 10.9 Å². The first kappa shape index (κ1) is 26.6. The van der Waals surface area contributed by atoms with Crippen molar-refractivity contribution in [2.45, 2.75) is 50.7 Å². The maximum Gasteiger partial charge on any atom is 0.280 e. The molecule has 1 saturated carbocycles. The molecule has 0 spiro atoms. The van der Waals surface area contributed by atoms with Crippen LogP contribution in [-0.4, -0.2) is 77.3 Å². The molecule has 3 N–H and O–H groups in total. The number of halogens is 1. The van der Waals surface area contributed by atoms with Gasteiger partial charge in [-0.25, -0.2) is 4.98 Å². The van der Waals surface area contributed by atoms with Crippen molar-refractivity contribution in [3.8, 4) is 0 Å². The van der Waals surface area contributed by atoms with Gasteiger partial charge in [-0.2, -0.15) is 0 Å². The van der Waals surface area contributed by atoms with Crippen LogP contribution in [0.4, 0.5) is 0 Å². The van der Waals surface area contributed by atoms with Crippen LogP contribution in [0.3, 0.4) is 0 Å². The third-order valence-electron chi connectivity index (χ3n) is 7.50. The van der Waals surface area contributed by atoms with Crippen LogP contribution < -0.4 is 10.6 Å². The lowest BCUT2D eigenvalue weighted by Gasteiger charge is -2.37. The molecule has 1 aliphatic heterocycles. The maximum atomic E-state index is 13.3. The summed E-state index contributed by atoms with van der Waals surface area (Å²) in [5.74, 6) is -0.277. The van der Waals surface area contributed by atoms with Gasteiger partial charge in [0, 0.05) is 72.9 Å². The van der Waals surface area contributed by atoms with E-state index in [0.717, 1.165) is 47.4 Å². The molecule has 0 radical (unpaired) electrons. The van der Waals surface area contributed by atoms with E-state index in [-0.39, 0.29) is 35.7 Å². The van der Waals surface area contributed by atoms with E-state index < -0.39 is 0 Å². The van der Waals surface area contributed by atoms with Crippen molar-refractivity contribution in [2.75, 3.05) is 27.7 Å². The Kier molecular flexibility index (Phi) is 7.74. The standard InChI is InChI=1S/C27H33ClN6O3S/c1-33(2)24(35)11-15-4-6-19(30-25(36)22-13-16-12-17(28)5-7-18(16)29-22)21(10-15)31-26(37)27-32-20-8-9-34(3)14-23(20)38-27/h5,7,12-13,15,19,21,29H,4,6,8-11,14H2,1-3H3,(H,30,36)(H,31,37). The summed E-state index contributed by atoms with van der Waals surface area (Å²) in [4.78, 5) is 51.7. The van der Waals surface area contributed by atoms with E-state index in [1.807, 2.05) is 12.1 Å². The van der Waals surface area contributed by atoms with Gasteiger partial charge in [0.15, 0.2) is 5.01 Å². The van der Waals surface area contributed by atoms with Gasteiger partial charge in [0.2, 0.25) is 5.91 Å². The summed E-state index contributed by atoms with van der Waals surface area (Å²) in [5.41, 5.74) is 2.27. The number of nitrogens with one attached hydrogen (secondary N) is 3. The minimum Gasteiger partial charge on any atom is -0.351 e. The Morgan fingerprint density at radius 3 is 2.74 bits per heavy atom. The largest absolute Gasteiger partial charge is 0.351 e. The van der Waals surface area contributed by atoms with E-state index in [1.54, 1.807) is 31.1 Å². The Hall–Kier alpha value is -2.95. The topological polar surface area (TPSA) is 110 Å². The van der Waals surface area contributed by atoms with Crippen LogP contribution in [-0.2, 0) is 17.8 Å². The van der Waals surface area contributed by atoms with Crippen molar-refractivity contribution in [2.24, 2.45) is 5.92 Å². The van der Waals surface area contributed by atoms with E-state index in [4.69, 9.17) is 11.6 Å². The first-order chi connectivity index (χ1) is 18.2. The first-order valence-corrected chi connectivity index (χ1v) is 14.1. The van der Waals surface area contributed by atoms with Crippen molar-refractivity contribution in [3.63, 3.8) is 0 Å². The van der Waals surface area contributed by atoms with Gasteiger partial charge in [-0.3, -0.25) is 14.4 Å². The van der Waals surface area contributed by atoms with E-state index in [9.17, 15) is 14.4 Å². The number of carbonyl (C=O) groups excluding carboxylic acids is 3. The second kappa shape index (κ2) is 11.0. The molecular formula is C27H33ClN6O3S. The molecule has 1 aromatic carbocycles. The third-order valence-corrected chi connectivity index (χ3v) is 8.81. The lowest BCUT2D eigenvalue weighted by Crippen LogP contribution is -2.54. The highest BCUT2D eigenvalue weighted by Gasteiger charge is 2.35. The number of nitrogens with zero attached hydrogens (tertiary/aromatic N) is 3. The molecule has 202 valence electrons. The van der Waals surface area contributed by atoms with E-state index in [2.05, 4.69) is 32.5 Å². The van der Waals surface area contributed by atoms with E-state index in [0.29, 0.717) is 35.0 Å².